The largest absolute Gasteiger partial charge is 0.496 e. The fourth-order valence-electron chi connectivity index (χ4n) is 2.87. The Morgan fingerprint density at radius 3 is 2.60 bits per heavy atom. The number of carbonyl (C=O) groups is 1. The number of hydrogen-bond donors (Lipinski definition) is 1. The van der Waals surface area contributed by atoms with Crippen molar-refractivity contribution < 1.29 is 9.53 Å². The zero-order chi connectivity index (χ0) is 21.1. The van der Waals surface area contributed by atoms with Gasteiger partial charge in [0.2, 0.25) is 5.91 Å². The quantitative estimate of drug-likeness (QED) is 0.381. The first-order valence-electron chi connectivity index (χ1n) is 8.97. The van der Waals surface area contributed by atoms with Gasteiger partial charge in [0, 0.05) is 26.8 Å². The summed E-state index contributed by atoms with van der Waals surface area (Å²) < 4.78 is 6.22. The monoisotopic (exact) mass is 482 g/mol. The zero-order valence-corrected chi connectivity index (χ0v) is 18.2. The van der Waals surface area contributed by atoms with Crippen molar-refractivity contribution in [1.82, 2.24) is 15.0 Å². The van der Waals surface area contributed by atoms with Crippen molar-refractivity contribution in [1.29, 1.82) is 0 Å². The van der Waals surface area contributed by atoms with Gasteiger partial charge in [-0.05, 0) is 66.7 Å². The molecule has 0 aliphatic carbocycles. The Morgan fingerprint density at radius 1 is 1.07 bits per heavy atom. The number of nitrogens with one attached hydrogen (secondary N) is 1. The Bertz CT molecular complexity index is 1250. The minimum absolute atomic E-state index is 0.263. The molecule has 0 radical (unpaired) electrons. The number of benzene rings is 3. The minimum atomic E-state index is -0.263. The van der Waals surface area contributed by atoms with E-state index in [1.807, 2.05) is 36.4 Å². The van der Waals surface area contributed by atoms with E-state index in [-0.39, 0.29) is 5.91 Å². The number of ether oxygens (including phenoxy) is 1. The van der Waals surface area contributed by atoms with Crippen molar-refractivity contribution in [2.24, 2.45) is 0 Å². The molecule has 4 aromatic rings. The lowest BCUT2D eigenvalue weighted by Crippen LogP contribution is -2.07. The van der Waals surface area contributed by atoms with Crippen molar-refractivity contribution in [3.8, 4) is 11.4 Å². The maximum absolute atomic E-state index is 12.4. The lowest BCUT2D eigenvalue weighted by molar-refractivity contribution is -0.111. The second-order valence-corrected chi connectivity index (χ2v) is 7.73. The summed E-state index contributed by atoms with van der Waals surface area (Å²) >= 11 is 9.35. The molecule has 0 aliphatic rings. The standard InChI is InChI=1S/C22H16BrClN4O2/c1-30-21-10-3-15(23)12-14(21)2-11-22(29)25-17-6-9-19-20(13-17)27-28(26-19)18-7-4-16(24)5-8-18/h2-13H,1H3,(H,25,29). The van der Waals surface area contributed by atoms with Crippen molar-refractivity contribution >= 4 is 56.2 Å². The van der Waals surface area contributed by atoms with Gasteiger partial charge in [0.05, 0.1) is 12.8 Å². The van der Waals surface area contributed by atoms with Crippen LogP contribution in [0.4, 0.5) is 5.69 Å². The number of nitrogens with zero attached hydrogens (tertiary/aromatic N) is 3. The highest BCUT2D eigenvalue weighted by atomic mass is 79.9. The minimum Gasteiger partial charge on any atom is -0.496 e. The van der Waals surface area contributed by atoms with Crippen LogP contribution in [0.2, 0.25) is 5.02 Å². The molecular formula is C22H16BrClN4O2. The molecule has 0 fully saturated rings. The maximum atomic E-state index is 12.4. The van der Waals surface area contributed by atoms with Gasteiger partial charge >= 0.3 is 0 Å². The summed E-state index contributed by atoms with van der Waals surface area (Å²) in [5.41, 5.74) is 3.61. The number of aromatic nitrogens is 3. The van der Waals surface area contributed by atoms with Crippen LogP contribution in [0.1, 0.15) is 5.56 Å². The number of amides is 1. The van der Waals surface area contributed by atoms with E-state index in [1.165, 1.54) is 10.9 Å². The second kappa shape index (κ2) is 8.69. The van der Waals surface area contributed by atoms with Crippen LogP contribution in [0.15, 0.2) is 71.2 Å². The SMILES string of the molecule is COc1ccc(Br)cc1C=CC(=O)Nc1ccc2nn(-c3ccc(Cl)cc3)nc2c1. The smallest absolute Gasteiger partial charge is 0.248 e. The molecule has 0 aliphatic heterocycles. The molecule has 30 heavy (non-hydrogen) atoms. The molecule has 0 bridgehead atoms. The maximum Gasteiger partial charge on any atom is 0.248 e. The Morgan fingerprint density at radius 2 is 1.83 bits per heavy atom. The van der Waals surface area contributed by atoms with E-state index in [2.05, 4.69) is 31.4 Å². The van der Waals surface area contributed by atoms with Gasteiger partial charge in [-0.3, -0.25) is 4.79 Å². The number of halogens is 2. The van der Waals surface area contributed by atoms with E-state index < -0.39 is 0 Å². The van der Waals surface area contributed by atoms with Crippen LogP contribution in [0.5, 0.6) is 5.75 Å². The number of carbonyl (C=O) groups excluding carboxylic acids is 1. The average molecular weight is 484 g/mol. The van der Waals surface area contributed by atoms with E-state index >= 15 is 0 Å². The fraction of sp³-hybridized carbons (Fsp3) is 0.0455. The van der Waals surface area contributed by atoms with Crippen LogP contribution in [-0.2, 0) is 4.79 Å². The molecule has 0 saturated carbocycles. The predicted octanol–water partition coefficient (Wildman–Crippen LogP) is 5.50. The molecule has 8 heteroatoms. The summed E-state index contributed by atoms with van der Waals surface area (Å²) in [5.74, 6) is 0.420. The third-order valence-corrected chi connectivity index (χ3v) is 5.06. The topological polar surface area (TPSA) is 69.0 Å². The first-order chi connectivity index (χ1) is 14.5. The van der Waals surface area contributed by atoms with Crippen LogP contribution in [-0.4, -0.2) is 28.0 Å². The highest BCUT2D eigenvalue weighted by Crippen LogP contribution is 2.24. The number of methoxy groups -OCH3 is 1. The van der Waals surface area contributed by atoms with Gasteiger partial charge < -0.3 is 10.1 Å². The van der Waals surface area contributed by atoms with Crippen LogP contribution < -0.4 is 10.1 Å². The molecule has 0 unspecified atom stereocenters. The number of anilines is 1. The third kappa shape index (κ3) is 4.53. The molecule has 1 heterocycles. The van der Waals surface area contributed by atoms with Crippen molar-refractivity contribution in [2.45, 2.75) is 0 Å². The lowest BCUT2D eigenvalue weighted by Gasteiger charge is -2.05. The van der Waals surface area contributed by atoms with Crippen LogP contribution in [0.3, 0.4) is 0 Å². The molecule has 4 rings (SSSR count). The van der Waals surface area contributed by atoms with Crippen molar-refractivity contribution in [3.63, 3.8) is 0 Å². The van der Waals surface area contributed by atoms with Crippen molar-refractivity contribution in [3.05, 3.63) is 81.8 Å². The highest BCUT2D eigenvalue weighted by molar-refractivity contribution is 9.10. The molecule has 0 saturated heterocycles. The van der Waals surface area contributed by atoms with Crippen LogP contribution in [0.25, 0.3) is 22.8 Å². The van der Waals surface area contributed by atoms with E-state index in [0.29, 0.717) is 22.0 Å². The summed E-state index contributed by atoms with van der Waals surface area (Å²) in [7, 11) is 1.59. The summed E-state index contributed by atoms with van der Waals surface area (Å²) in [6.45, 7) is 0. The summed E-state index contributed by atoms with van der Waals surface area (Å²) in [6.07, 6.45) is 3.16. The average Bonchev–Trinajstić information content (AvgIpc) is 3.16. The molecule has 1 aromatic heterocycles. The molecule has 1 N–H and O–H groups in total. The van der Waals surface area contributed by atoms with E-state index in [1.54, 1.807) is 37.5 Å². The third-order valence-electron chi connectivity index (χ3n) is 4.31. The normalized spacial score (nSPS) is 11.2. The molecule has 0 spiro atoms. The van der Waals surface area contributed by atoms with Crippen LogP contribution in [0, 0.1) is 0 Å². The summed E-state index contributed by atoms with van der Waals surface area (Å²) in [4.78, 5) is 13.9. The second-order valence-electron chi connectivity index (χ2n) is 6.38. The Hall–Kier alpha value is -3.16. The molecule has 150 valence electrons. The fourth-order valence-corrected chi connectivity index (χ4v) is 3.37. The Balaban J connectivity index is 1.52. The van der Waals surface area contributed by atoms with Gasteiger partial charge in [0.15, 0.2) is 0 Å². The van der Waals surface area contributed by atoms with Gasteiger partial charge in [-0.1, -0.05) is 27.5 Å². The van der Waals surface area contributed by atoms with Crippen molar-refractivity contribution in [2.75, 3.05) is 12.4 Å². The van der Waals surface area contributed by atoms with Gasteiger partial charge in [-0.15, -0.1) is 10.2 Å². The summed E-state index contributed by atoms with van der Waals surface area (Å²) in [6, 6.07) is 18.2. The molecule has 6 nitrogen and oxygen atoms in total. The van der Waals surface area contributed by atoms with E-state index in [9.17, 15) is 4.79 Å². The van der Waals surface area contributed by atoms with Gasteiger partial charge in [0.25, 0.3) is 0 Å². The first-order valence-corrected chi connectivity index (χ1v) is 10.1. The van der Waals surface area contributed by atoms with Gasteiger partial charge in [-0.2, -0.15) is 4.80 Å². The van der Waals surface area contributed by atoms with E-state index in [0.717, 1.165) is 21.2 Å². The molecule has 3 aromatic carbocycles. The lowest BCUT2D eigenvalue weighted by atomic mass is 10.2. The number of rotatable bonds is 5. The number of fused-ring (bicyclic) bond motifs is 1. The Kier molecular flexibility index (Phi) is 5.83. The van der Waals surface area contributed by atoms with Gasteiger partial charge in [0.1, 0.15) is 16.8 Å². The molecule has 0 atom stereocenters. The predicted molar refractivity (Wildman–Crippen MR) is 122 cm³/mol. The number of hydrogen-bond acceptors (Lipinski definition) is 4. The Labute approximate surface area is 186 Å². The molecule has 1 amide bonds. The summed E-state index contributed by atoms with van der Waals surface area (Å²) in [5, 5.41) is 12.4. The first kappa shape index (κ1) is 20.1. The van der Waals surface area contributed by atoms with Crippen LogP contribution >= 0.6 is 27.5 Å². The zero-order valence-electron chi connectivity index (χ0n) is 15.8. The van der Waals surface area contributed by atoms with Gasteiger partial charge in [-0.25, -0.2) is 0 Å². The van der Waals surface area contributed by atoms with E-state index in [4.69, 9.17) is 16.3 Å². The molecular weight excluding hydrogens is 468 g/mol. The highest BCUT2D eigenvalue weighted by Gasteiger charge is 2.07.